The van der Waals surface area contributed by atoms with Crippen LogP contribution < -0.4 is 9.80 Å². The molecule has 6 nitrogen and oxygen atoms in total. The zero-order valence-corrected chi connectivity index (χ0v) is 15.2. The first-order valence-electron chi connectivity index (χ1n) is 7.67. The molecule has 0 aromatic heterocycles. The van der Waals surface area contributed by atoms with Gasteiger partial charge >= 0.3 is 5.97 Å². The zero-order valence-electron chi connectivity index (χ0n) is 14.4. The van der Waals surface area contributed by atoms with Gasteiger partial charge < -0.3 is 14.5 Å². The van der Waals surface area contributed by atoms with Crippen LogP contribution in [0.2, 0.25) is 0 Å². The topological polar surface area (TPSA) is 66.9 Å². The third-order valence-corrected chi connectivity index (χ3v) is 5.79. The Hall–Kier alpha value is -2.87. The SMILES string of the molecule is COC(=O)C1=CN(c2ccc(N(C)C)cc2)c2ccc(F)cc2S1(=O)=O. The van der Waals surface area contributed by atoms with Crippen LogP contribution in [0.3, 0.4) is 0 Å². The molecule has 2 aromatic rings. The summed E-state index contributed by atoms with van der Waals surface area (Å²) in [6.45, 7) is 0. The minimum Gasteiger partial charge on any atom is -0.465 e. The molecule has 0 bridgehead atoms. The van der Waals surface area contributed by atoms with Crippen molar-refractivity contribution < 1.29 is 22.3 Å². The fourth-order valence-electron chi connectivity index (χ4n) is 2.66. The molecule has 0 saturated carbocycles. The highest BCUT2D eigenvalue weighted by molar-refractivity contribution is 7.96. The van der Waals surface area contributed by atoms with E-state index in [9.17, 15) is 17.6 Å². The molecule has 0 radical (unpaired) electrons. The quantitative estimate of drug-likeness (QED) is 0.768. The second-order valence-electron chi connectivity index (χ2n) is 5.88. The first kappa shape index (κ1) is 17.9. The average molecular weight is 376 g/mol. The molecule has 1 aliphatic heterocycles. The molecule has 0 spiro atoms. The van der Waals surface area contributed by atoms with Gasteiger partial charge in [0.05, 0.1) is 17.7 Å². The van der Waals surface area contributed by atoms with E-state index in [0.717, 1.165) is 18.9 Å². The number of carbonyl (C=O) groups is 1. The normalized spacial score (nSPS) is 15.1. The predicted octanol–water partition coefficient (Wildman–Crippen LogP) is 2.83. The Morgan fingerprint density at radius 1 is 1.12 bits per heavy atom. The van der Waals surface area contributed by atoms with Crippen molar-refractivity contribution in [1.82, 2.24) is 0 Å². The van der Waals surface area contributed by atoms with Crippen LogP contribution in [0.1, 0.15) is 0 Å². The third-order valence-electron chi connectivity index (χ3n) is 4.04. The molecule has 1 heterocycles. The summed E-state index contributed by atoms with van der Waals surface area (Å²) in [6, 6.07) is 10.7. The molecular weight excluding hydrogens is 359 g/mol. The van der Waals surface area contributed by atoms with Crippen LogP contribution in [0.15, 0.2) is 58.5 Å². The number of ether oxygens (including phenoxy) is 1. The Morgan fingerprint density at radius 2 is 1.77 bits per heavy atom. The molecule has 0 saturated heterocycles. The lowest BCUT2D eigenvalue weighted by Gasteiger charge is -2.28. The summed E-state index contributed by atoms with van der Waals surface area (Å²) >= 11 is 0. The lowest BCUT2D eigenvalue weighted by atomic mass is 10.2. The zero-order chi connectivity index (χ0) is 19.1. The van der Waals surface area contributed by atoms with E-state index in [-0.39, 0.29) is 10.6 Å². The van der Waals surface area contributed by atoms with Crippen LogP contribution >= 0.6 is 0 Å². The van der Waals surface area contributed by atoms with Crippen molar-refractivity contribution in [3.05, 3.63) is 59.4 Å². The first-order chi connectivity index (χ1) is 12.3. The summed E-state index contributed by atoms with van der Waals surface area (Å²) in [5, 5.41) is 0. The van der Waals surface area contributed by atoms with Gasteiger partial charge in [0.15, 0.2) is 4.91 Å². The van der Waals surface area contributed by atoms with Gasteiger partial charge in [-0.2, -0.15) is 0 Å². The summed E-state index contributed by atoms with van der Waals surface area (Å²) in [6.07, 6.45) is 1.20. The van der Waals surface area contributed by atoms with E-state index in [4.69, 9.17) is 0 Å². The number of hydrogen-bond acceptors (Lipinski definition) is 6. The molecule has 0 N–H and O–H groups in total. The number of sulfone groups is 1. The number of anilines is 3. The van der Waals surface area contributed by atoms with E-state index < -0.39 is 26.5 Å². The highest BCUT2D eigenvalue weighted by atomic mass is 32.2. The van der Waals surface area contributed by atoms with Crippen molar-refractivity contribution in [3.8, 4) is 0 Å². The van der Waals surface area contributed by atoms with Crippen LogP contribution in [0.25, 0.3) is 0 Å². The number of hydrogen-bond donors (Lipinski definition) is 0. The number of esters is 1. The smallest absolute Gasteiger partial charge is 0.351 e. The number of halogens is 1. The van der Waals surface area contributed by atoms with Crippen molar-refractivity contribution in [2.75, 3.05) is 31.0 Å². The van der Waals surface area contributed by atoms with E-state index in [1.54, 1.807) is 12.1 Å². The van der Waals surface area contributed by atoms with Crippen LogP contribution in [-0.4, -0.2) is 35.6 Å². The maximum atomic E-state index is 13.7. The number of benzene rings is 2. The molecule has 8 heteroatoms. The standard InChI is InChI=1S/C18H17FN2O4S/c1-20(2)13-5-7-14(8-6-13)21-11-17(18(22)25-3)26(23,24)16-10-12(19)4-9-15(16)21/h4-11H,1-3H3. The molecule has 2 aromatic carbocycles. The van der Waals surface area contributed by atoms with Gasteiger partial charge in [-0.05, 0) is 42.5 Å². The van der Waals surface area contributed by atoms with Gasteiger partial charge in [0.25, 0.3) is 0 Å². The fraction of sp³-hybridized carbons (Fsp3) is 0.167. The Labute approximate surface area is 151 Å². The van der Waals surface area contributed by atoms with Gasteiger partial charge in [0, 0.05) is 31.7 Å². The maximum absolute atomic E-state index is 13.7. The Balaban J connectivity index is 2.22. The minimum atomic E-state index is -4.18. The largest absolute Gasteiger partial charge is 0.465 e. The highest BCUT2D eigenvalue weighted by Crippen LogP contribution is 2.40. The van der Waals surface area contributed by atoms with Crippen molar-refractivity contribution in [1.29, 1.82) is 0 Å². The summed E-state index contributed by atoms with van der Waals surface area (Å²) in [5.74, 6) is -1.71. The van der Waals surface area contributed by atoms with E-state index >= 15 is 0 Å². The molecule has 136 valence electrons. The molecule has 0 aliphatic carbocycles. The highest BCUT2D eigenvalue weighted by Gasteiger charge is 2.36. The number of methoxy groups -OCH3 is 1. The van der Waals surface area contributed by atoms with Crippen molar-refractivity contribution in [3.63, 3.8) is 0 Å². The molecular formula is C18H17FN2O4S. The Kier molecular flexibility index (Phi) is 4.45. The molecule has 0 atom stereocenters. The first-order valence-corrected chi connectivity index (χ1v) is 9.15. The molecule has 0 amide bonds. The summed E-state index contributed by atoms with van der Waals surface area (Å²) in [5.41, 5.74) is 1.84. The van der Waals surface area contributed by atoms with E-state index in [2.05, 4.69) is 4.74 Å². The number of rotatable bonds is 3. The maximum Gasteiger partial charge on any atom is 0.351 e. The van der Waals surface area contributed by atoms with Gasteiger partial charge in [-0.1, -0.05) is 0 Å². The van der Waals surface area contributed by atoms with E-state index in [0.29, 0.717) is 5.69 Å². The molecule has 0 unspecified atom stereocenters. The Bertz CT molecular complexity index is 998. The predicted molar refractivity (Wildman–Crippen MR) is 96.6 cm³/mol. The summed E-state index contributed by atoms with van der Waals surface area (Å²) in [4.78, 5) is 14.6. The van der Waals surface area contributed by atoms with Crippen LogP contribution in [0.4, 0.5) is 21.5 Å². The van der Waals surface area contributed by atoms with Crippen LogP contribution in [-0.2, 0) is 19.4 Å². The minimum absolute atomic E-state index is 0.261. The van der Waals surface area contributed by atoms with Crippen molar-refractivity contribution in [2.24, 2.45) is 0 Å². The second-order valence-corrected chi connectivity index (χ2v) is 7.77. The Morgan fingerprint density at radius 3 is 2.35 bits per heavy atom. The molecule has 26 heavy (non-hydrogen) atoms. The number of nitrogens with zero attached hydrogens (tertiary/aromatic N) is 2. The fourth-order valence-corrected chi connectivity index (χ4v) is 4.16. The second kappa shape index (κ2) is 6.45. The summed E-state index contributed by atoms with van der Waals surface area (Å²) in [7, 11) is 0.708. The van der Waals surface area contributed by atoms with Crippen LogP contribution in [0.5, 0.6) is 0 Å². The molecule has 3 rings (SSSR count). The van der Waals surface area contributed by atoms with E-state index in [1.807, 2.05) is 31.1 Å². The van der Waals surface area contributed by atoms with Gasteiger partial charge in [-0.15, -0.1) is 0 Å². The summed E-state index contributed by atoms with van der Waals surface area (Å²) < 4.78 is 43.7. The van der Waals surface area contributed by atoms with Gasteiger partial charge in [-0.25, -0.2) is 17.6 Å². The molecule has 0 fully saturated rings. The van der Waals surface area contributed by atoms with Gasteiger partial charge in [-0.3, -0.25) is 0 Å². The lowest BCUT2D eigenvalue weighted by Crippen LogP contribution is -2.26. The third kappa shape index (κ3) is 2.92. The van der Waals surface area contributed by atoms with Crippen molar-refractivity contribution >= 4 is 32.9 Å². The van der Waals surface area contributed by atoms with Crippen LogP contribution in [0, 0.1) is 5.82 Å². The average Bonchev–Trinajstić information content (AvgIpc) is 2.62. The monoisotopic (exact) mass is 376 g/mol. The van der Waals surface area contributed by atoms with Crippen molar-refractivity contribution in [2.45, 2.75) is 4.90 Å². The number of carbonyl (C=O) groups excluding carboxylic acids is 1. The molecule has 1 aliphatic rings. The van der Waals surface area contributed by atoms with E-state index in [1.165, 1.54) is 23.2 Å². The van der Waals surface area contributed by atoms with Gasteiger partial charge in [0.1, 0.15) is 5.82 Å². The lowest BCUT2D eigenvalue weighted by molar-refractivity contribution is -0.135. The van der Waals surface area contributed by atoms with Gasteiger partial charge in [0.2, 0.25) is 9.84 Å². The number of fused-ring (bicyclic) bond motifs is 1.